The summed E-state index contributed by atoms with van der Waals surface area (Å²) in [5.74, 6) is -0.677. The molecule has 0 bridgehead atoms. The van der Waals surface area contributed by atoms with Crippen LogP contribution in [-0.4, -0.2) is 28.8 Å². The Kier molecular flexibility index (Phi) is 2.59. The lowest BCUT2D eigenvalue weighted by atomic mass is 10.1. The zero-order chi connectivity index (χ0) is 10.8. The first kappa shape index (κ1) is 9.97. The SMILES string of the molecule is NC(=O)c1cn(C2CCNCC2)[nH]c1=O. The molecular weight excluding hydrogens is 196 g/mol. The lowest BCUT2D eigenvalue weighted by Gasteiger charge is -2.23. The van der Waals surface area contributed by atoms with Crippen LogP contribution in [0.5, 0.6) is 0 Å². The van der Waals surface area contributed by atoms with Crippen LogP contribution >= 0.6 is 0 Å². The van der Waals surface area contributed by atoms with Gasteiger partial charge in [0.25, 0.3) is 11.5 Å². The molecule has 1 aromatic rings. The number of hydrogen-bond acceptors (Lipinski definition) is 3. The molecule has 1 fully saturated rings. The average molecular weight is 210 g/mol. The van der Waals surface area contributed by atoms with Gasteiger partial charge in [-0.1, -0.05) is 0 Å². The van der Waals surface area contributed by atoms with Gasteiger partial charge in [0.05, 0.1) is 6.04 Å². The van der Waals surface area contributed by atoms with Crippen LogP contribution in [0.15, 0.2) is 11.0 Å². The lowest BCUT2D eigenvalue weighted by molar-refractivity contribution is 0.0999. The zero-order valence-corrected chi connectivity index (χ0v) is 8.32. The summed E-state index contributed by atoms with van der Waals surface area (Å²) in [6, 6.07) is 0.257. The van der Waals surface area contributed by atoms with Crippen LogP contribution in [0.3, 0.4) is 0 Å². The standard InChI is InChI=1S/C9H14N4O2/c10-8(14)7-5-13(12-9(7)15)6-1-3-11-4-2-6/h5-6,11H,1-4H2,(H2,10,14)(H,12,15). The molecule has 1 aromatic heterocycles. The summed E-state index contributed by atoms with van der Waals surface area (Å²) in [5.41, 5.74) is 4.71. The van der Waals surface area contributed by atoms with E-state index in [4.69, 9.17) is 5.73 Å². The summed E-state index contributed by atoms with van der Waals surface area (Å²) >= 11 is 0. The summed E-state index contributed by atoms with van der Waals surface area (Å²) in [5, 5.41) is 5.86. The largest absolute Gasteiger partial charge is 0.365 e. The molecule has 4 N–H and O–H groups in total. The number of aromatic amines is 1. The Hall–Kier alpha value is -1.56. The molecule has 1 amide bonds. The van der Waals surface area contributed by atoms with Crippen molar-refractivity contribution in [3.63, 3.8) is 0 Å². The van der Waals surface area contributed by atoms with Crippen molar-refractivity contribution in [3.05, 3.63) is 22.1 Å². The van der Waals surface area contributed by atoms with Crippen molar-refractivity contribution in [1.82, 2.24) is 15.1 Å². The monoisotopic (exact) mass is 210 g/mol. The zero-order valence-electron chi connectivity index (χ0n) is 8.32. The Morgan fingerprint density at radius 2 is 2.13 bits per heavy atom. The Balaban J connectivity index is 2.25. The normalized spacial score (nSPS) is 17.9. The first-order valence-corrected chi connectivity index (χ1v) is 5.00. The summed E-state index contributed by atoms with van der Waals surface area (Å²) in [4.78, 5) is 22.2. The highest BCUT2D eigenvalue weighted by atomic mass is 16.2. The second-order valence-electron chi connectivity index (χ2n) is 3.74. The van der Waals surface area contributed by atoms with Crippen molar-refractivity contribution >= 4 is 5.91 Å². The fraction of sp³-hybridized carbons (Fsp3) is 0.556. The number of H-pyrrole nitrogens is 1. The van der Waals surface area contributed by atoms with Crippen LogP contribution in [0.25, 0.3) is 0 Å². The minimum absolute atomic E-state index is 0.0357. The number of rotatable bonds is 2. The third-order valence-electron chi connectivity index (χ3n) is 2.71. The third kappa shape index (κ3) is 1.94. The summed E-state index contributed by atoms with van der Waals surface area (Å²) < 4.78 is 1.70. The predicted octanol–water partition coefficient (Wildman–Crippen LogP) is -0.800. The van der Waals surface area contributed by atoms with E-state index >= 15 is 0 Å². The minimum atomic E-state index is -0.677. The van der Waals surface area contributed by atoms with Crippen molar-refractivity contribution in [2.45, 2.75) is 18.9 Å². The Labute approximate surface area is 86.4 Å². The maximum absolute atomic E-state index is 11.3. The molecule has 2 rings (SSSR count). The van der Waals surface area contributed by atoms with Gasteiger partial charge in [-0.25, -0.2) is 0 Å². The van der Waals surface area contributed by atoms with Crippen LogP contribution in [0.1, 0.15) is 29.2 Å². The molecule has 0 atom stereocenters. The van der Waals surface area contributed by atoms with E-state index < -0.39 is 11.5 Å². The molecule has 82 valence electrons. The van der Waals surface area contributed by atoms with E-state index in [1.54, 1.807) is 4.68 Å². The summed E-state index contributed by atoms with van der Waals surface area (Å²) in [6.45, 7) is 1.85. The Morgan fingerprint density at radius 3 is 2.67 bits per heavy atom. The number of hydrogen-bond donors (Lipinski definition) is 3. The number of piperidine rings is 1. The maximum Gasteiger partial charge on any atom is 0.276 e. The van der Waals surface area contributed by atoms with Gasteiger partial charge in [0.1, 0.15) is 5.56 Å². The van der Waals surface area contributed by atoms with E-state index in [0.717, 1.165) is 25.9 Å². The molecule has 0 saturated carbocycles. The van der Waals surface area contributed by atoms with Crippen LogP contribution in [0, 0.1) is 0 Å². The maximum atomic E-state index is 11.3. The summed E-state index contributed by atoms with van der Waals surface area (Å²) in [7, 11) is 0. The minimum Gasteiger partial charge on any atom is -0.365 e. The molecule has 15 heavy (non-hydrogen) atoms. The van der Waals surface area contributed by atoms with Crippen molar-refractivity contribution in [2.75, 3.05) is 13.1 Å². The third-order valence-corrected chi connectivity index (χ3v) is 2.71. The quantitative estimate of drug-likeness (QED) is 0.596. The average Bonchev–Trinajstić information content (AvgIpc) is 2.62. The second-order valence-corrected chi connectivity index (χ2v) is 3.74. The molecule has 6 heteroatoms. The molecule has 1 aliphatic rings. The van der Waals surface area contributed by atoms with E-state index in [-0.39, 0.29) is 11.6 Å². The highest BCUT2D eigenvalue weighted by Gasteiger charge is 2.18. The number of aromatic nitrogens is 2. The lowest BCUT2D eigenvalue weighted by Crippen LogP contribution is -2.30. The van der Waals surface area contributed by atoms with E-state index in [9.17, 15) is 9.59 Å². The van der Waals surface area contributed by atoms with Gasteiger partial charge in [-0.05, 0) is 25.9 Å². The van der Waals surface area contributed by atoms with Gasteiger partial charge in [-0.15, -0.1) is 0 Å². The van der Waals surface area contributed by atoms with Crippen molar-refractivity contribution < 1.29 is 4.79 Å². The van der Waals surface area contributed by atoms with Gasteiger partial charge in [-0.2, -0.15) is 0 Å². The van der Waals surface area contributed by atoms with Gasteiger partial charge in [0.2, 0.25) is 0 Å². The van der Waals surface area contributed by atoms with Crippen LogP contribution in [-0.2, 0) is 0 Å². The van der Waals surface area contributed by atoms with E-state index in [2.05, 4.69) is 10.4 Å². The summed E-state index contributed by atoms with van der Waals surface area (Å²) in [6.07, 6.45) is 3.41. The molecule has 2 heterocycles. The number of amides is 1. The molecule has 0 unspecified atom stereocenters. The van der Waals surface area contributed by atoms with Gasteiger partial charge in [-0.3, -0.25) is 19.4 Å². The molecule has 1 aliphatic heterocycles. The molecule has 0 radical (unpaired) electrons. The molecule has 1 saturated heterocycles. The highest BCUT2D eigenvalue weighted by Crippen LogP contribution is 2.16. The van der Waals surface area contributed by atoms with Crippen LogP contribution in [0.4, 0.5) is 0 Å². The van der Waals surface area contributed by atoms with Crippen molar-refractivity contribution in [1.29, 1.82) is 0 Å². The van der Waals surface area contributed by atoms with Gasteiger partial charge in [0, 0.05) is 6.20 Å². The van der Waals surface area contributed by atoms with Gasteiger partial charge >= 0.3 is 0 Å². The number of nitrogens with one attached hydrogen (secondary N) is 2. The van der Waals surface area contributed by atoms with E-state index in [1.165, 1.54) is 6.20 Å². The number of primary amides is 1. The number of carbonyl (C=O) groups is 1. The smallest absolute Gasteiger partial charge is 0.276 e. The Morgan fingerprint density at radius 1 is 1.47 bits per heavy atom. The molecule has 0 aliphatic carbocycles. The Bertz CT molecular complexity index is 414. The van der Waals surface area contributed by atoms with Crippen LogP contribution in [0.2, 0.25) is 0 Å². The predicted molar refractivity (Wildman–Crippen MR) is 54.7 cm³/mol. The van der Waals surface area contributed by atoms with Crippen molar-refractivity contribution in [2.24, 2.45) is 5.73 Å². The van der Waals surface area contributed by atoms with Crippen molar-refractivity contribution in [3.8, 4) is 0 Å². The second kappa shape index (κ2) is 3.90. The first-order valence-electron chi connectivity index (χ1n) is 5.00. The molecule has 0 aromatic carbocycles. The molecule has 0 spiro atoms. The number of nitrogens with two attached hydrogens (primary N) is 1. The van der Waals surface area contributed by atoms with E-state index in [1.807, 2.05) is 0 Å². The number of carbonyl (C=O) groups excluding carboxylic acids is 1. The topological polar surface area (TPSA) is 92.9 Å². The fourth-order valence-electron chi connectivity index (χ4n) is 1.86. The fourth-order valence-corrected chi connectivity index (χ4v) is 1.86. The molecular formula is C9H14N4O2. The molecule has 6 nitrogen and oxygen atoms in total. The van der Waals surface area contributed by atoms with Gasteiger partial charge in [0.15, 0.2) is 0 Å². The van der Waals surface area contributed by atoms with Crippen LogP contribution < -0.4 is 16.6 Å². The highest BCUT2D eigenvalue weighted by molar-refractivity contribution is 5.92. The number of nitrogens with zero attached hydrogens (tertiary/aromatic N) is 1. The first-order chi connectivity index (χ1) is 7.18. The van der Waals surface area contributed by atoms with E-state index in [0.29, 0.717) is 0 Å². The van der Waals surface area contributed by atoms with Gasteiger partial charge < -0.3 is 11.1 Å².